The van der Waals surface area contributed by atoms with Crippen LogP contribution in [-0.2, 0) is 0 Å². The van der Waals surface area contributed by atoms with Crippen molar-refractivity contribution < 1.29 is 0 Å². The van der Waals surface area contributed by atoms with Crippen LogP contribution in [-0.4, -0.2) is 6.54 Å². The molecule has 0 aliphatic heterocycles. The Morgan fingerprint density at radius 3 is 2.92 bits per heavy atom. The van der Waals surface area contributed by atoms with Gasteiger partial charge in [0.2, 0.25) is 0 Å². The molecule has 2 rings (SSSR count). The van der Waals surface area contributed by atoms with Crippen molar-refractivity contribution in [2.24, 2.45) is 5.92 Å². The molecule has 1 aromatic rings. The van der Waals surface area contributed by atoms with Gasteiger partial charge in [0.1, 0.15) is 0 Å². The number of hydrogen-bond acceptors (Lipinski definition) is 1. The van der Waals surface area contributed by atoms with E-state index < -0.39 is 0 Å². The molecule has 0 saturated heterocycles. The lowest BCUT2D eigenvalue weighted by Gasteiger charge is -2.05. The van der Waals surface area contributed by atoms with Crippen LogP contribution >= 0.6 is 0 Å². The quantitative estimate of drug-likeness (QED) is 0.741. The topological polar surface area (TPSA) is 12.0 Å². The lowest BCUT2D eigenvalue weighted by Crippen LogP contribution is -2.01. The largest absolute Gasteiger partial charge is 0.385 e. The lowest BCUT2D eigenvalue weighted by atomic mass is 10.2. The zero-order chi connectivity index (χ0) is 9.10. The highest BCUT2D eigenvalue weighted by molar-refractivity contribution is 5.45. The summed E-state index contributed by atoms with van der Waals surface area (Å²) in [4.78, 5) is 0. The molecule has 0 spiro atoms. The van der Waals surface area contributed by atoms with Gasteiger partial charge in [-0.1, -0.05) is 25.0 Å². The summed E-state index contributed by atoms with van der Waals surface area (Å²) >= 11 is 0. The van der Waals surface area contributed by atoms with Gasteiger partial charge in [0.15, 0.2) is 0 Å². The Bertz CT molecular complexity index is 276. The highest BCUT2D eigenvalue weighted by Gasteiger charge is 2.19. The van der Waals surface area contributed by atoms with E-state index in [9.17, 15) is 0 Å². The van der Waals surface area contributed by atoms with E-state index in [1.165, 1.54) is 30.5 Å². The van der Waals surface area contributed by atoms with Gasteiger partial charge in [-0.2, -0.15) is 0 Å². The molecule has 1 N–H and O–H groups in total. The normalized spacial score (nSPS) is 15.8. The molecule has 1 nitrogen and oxygen atoms in total. The molecular formula is C12H17N. The molecule has 0 amide bonds. The van der Waals surface area contributed by atoms with Crippen molar-refractivity contribution in [2.75, 3.05) is 11.9 Å². The molecule has 70 valence electrons. The van der Waals surface area contributed by atoms with Crippen molar-refractivity contribution >= 4 is 5.69 Å². The van der Waals surface area contributed by atoms with Gasteiger partial charge in [0, 0.05) is 12.2 Å². The Hall–Kier alpha value is -0.980. The first-order valence-corrected chi connectivity index (χ1v) is 5.15. The monoisotopic (exact) mass is 175 g/mol. The summed E-state index contributed by atoms with van der Waals surface area (Å²) in [6.45, 7) is 3.26. The maximum Gasteiger partial charge on any atom is 0.0342 e. The van der Waals surface area contributed by atoms with E-state index in [0.717, 1.165) is 12.5 Å². The van der Waals surface area contributed by atoms with E-state index in [1.54, 1.807) is 0 Å². The molecule has 1 aliphatic carbocycles. The molecule has 1 heteroatoms. The maximum absolute atomic E-state index is 3.46. The summed E-state index contributed by atoms with van der Waals surface area (Å²) in [5, 5.41) is 3.46. The average Bonchev–Trinajstić information content (AvgIpc) is 2.88. The van der Waals surface area contributed by atoms with Gasteiger partial charge in [0.25, 0.3) is 0 Å². The lowest BCUT2D eigenvalue weighted by molar-refractivity contribution is 0.760. The van der Waals surface area contributed by atoms with Gasteiger partial charge in [-0.3, -0.25) is 0 Å². The first-order chi connectivity index (χ1) is 6.34. The van der Waals surface area contributed by atoms with E-state index in [1.807, 2.05) is 0 Å². The number of aryl methyl sites for hydroxylation is 1. The molecule has 0 heterocycles. The van der Waals surface area contributed by atoms with Crippen LogP contribution in [0, 0.1) is 12.8 Å². The van der Waals surface area contributed by atoms with Crippen molar-refractivity contribution in [3.63, 3.8) is 0 Å². The smallest absolute Gasteiger partial charge is 0.0342 e. The Kier molecular flexibility index (Phi) is 2.53. The van der Waals surface area contributed by atoms with Crippen molar-refractivity contribution in [3.05, 3.63) is 29.8 Å². The van der Waals surface area contributed by atoms with Crippen molar-refractivity contribution in [3.8, 4) is 0 Å². The van der Waals surface area contributed by atoms with Gasteiger partial charge in [0.05, 0.1) is 0 Å². The van der Waals surface area contributed by atoms with Crippen molar-refractivity contribution in [1.82, 2.24) is 0 Å². The van der Waals surface area contributed by atoms with Crippen LogP contribution in [0.1, 0.15) is 24.8 Å². The fourth-order valence-electron chi connectivity index (χ4n) is 1.58. The SMILES string of the molecule is Cc1cccc(NCCC2CC2)c1. The number of nitrogens with one attached hydrogen (secondary N) is 1. The van der Waals surface area contributed by atoms with Crippen molar-refractivity contribution in [2.45, 2.75) is 26.2 Å². The zero-order valence-electron chi connectivity index (χ0n) is 8.22. The second kappa shape index (κ2) is 3.82. The van der Waals surface area contributed by atoms with Crippen LogP contribution in [0.3, 0.4) is 0 Å². The van der Waals surface area contributed by atoms with Crippen LogP contribution in [0.4, 0.5) is 5.69 Å². The summed E-state index contributed by atoms with van der Waals surface area (Å²) in [6, 6.07) is 8.58. The molecule has 1 saturated carbocycles. The first kappa shape index (κ1) is 8.61. The molecule has 0 unspecified atom stereocenters. The van der Waals surface area contributed by atoms with Crippen LogP contribution in [0.25, 0.3) is 0 Å². The maximum atomic E-state index is 3.46. The standard InChI is InChI=1S/C12H17N/c1-10-3-2-4-12(9-10)13-8-7-11-5-6-11/h2-4,9,11,13H,5-8H2,1H3. The third kappa shape index (κ3) is 2.76. The van der Waals surface area contributed by atoms with E-state index in [2.05, 4.69) is 36.5 Å². The van der Waals surface area contributed by atoms with Crippen LogP contribution in [0.5, 0.6) is 0 Å². The molecule has 1 fully saturated rings. The average molecular weight is 175 g/mol. The summed E-state index contributed by atoms with van der Waals surface area (Å²) in [5.74, 6) is 1.03. The van der Waals surface area contributed by atoms with E-state index in [-0.39, 0.29) is 0 Å². The highest BCUT2D eigenvalue weighted by Crippen LogP contribution is 2.32. The molecule has 0 atom stereocenters. The number of hydrogen-bond donors (Lipinski definition) is 1. The molecule has 13 heavy (non-hydrogen) atoms. The minimum atomic E-state index is 1.03. The Morgan fingerprint density at radius 1 is 1.38 bits per heavy atom. The number of anilines is 1. The molecule has 0 bridgehead atoms. The van der Waals surface area contributed by atoms with Gasteiger partial charge < -0.3 is 5.32 Å². The van der Waals surface area contributed by atoms with Crippen molar-refractivity contribution in [1.29, 1.82) is 0 Å². The van der Waals surface area contributed by atoms with Gasteiger partial charge >= 0.3 is 0 Å². The predicted octanol–water partition coefficient (Wildman–Crippen LogP) is 3.21. The Labute approximate surface area is 80.2 Å². The minimum Gasteiger partial charge on any atom is -0.385 e. The molecular weight excluding hydrogens is 158 g/mol. The zero-order valence-corrected chi connectivity index (χ0v) is 8.22. The molecule has 0 radical (unpaired) electrons. The molecule has 0 aromatic heterocycles. The number of rotatable bonds is 4. The second-order valence-corrected chi connectivity index (χ2v) is 4.03. The predicted molar refractivity (Wildman–Crippen MR) is 57.0 cm³/mol. The molecule has 1 aliphatic rings. The summed E-state index contributed by atoms with van der Waals surface area (Å²) < 4.78 is 0. The van der Waals surface area contributed by atoms with E-state index in [4.69, 9.17) is 0 Å². The van der Waals surface area contributed by atoms with Crippen LogP contribution < -0.4 is 5.32 Å². The fourth-order valence-corrected chi connectivity index (χ4v) is 1.58. The van der Waals surface area contributed by atoms with E-state index >= 15 is 0 Å². The third-order valence-corrected chi connectivity index (χ3v) is 2.60. The van der Waals surface area contributed by atoms with Gasteiger partial charge in [-0.25, -0.2) is 0 Å². The van der Waals surface area contributed by atoms with Gasteiger partial charge in [-0.05, 0) is 37.0 Å². The number of benzene rings is 1. The minimum absolute atomic E-state index is 1.03. The summed E-state index contributed by atoms with van der Waals surface area (Å²) in [6.07, 6.45) is 4.25. The second-order valence-electron chi connectivity index (χ2n) is 4.03. The van der Waals surface area contributed by atoms with Crippen LogP contribution in [0.2, 0.25) is 0 Å². The Balaban J connectivity index is 1.79. The van der Waals surface area contributed by atoms with Crippen LogP contribution in [0.15, 0.2) is 24.3 Å². The first-order valence-electron chi connectivity index (χ1n) is 5.15. The summed E-state index contributed by atoms with van der Waals surface area (Å²) in [5.41, 5.74) is 2.59. The highest BCUT2D eigenvalue weighted by atomic mass is 14.9. The van der Waals surface area contributed by atoms with E-state index in [0.29, 0.717) is 0 Å². The van der Waals surface area contributed by atoms with Gasteiger partial charge in [-0.15, -0.1) is 0 Å². The molecule has 1 aromatic carbocycles. The fraction of sp³-hybridized carbons (Fsp3) is 0.500. The summed E-state index contributed by atoms with van der Waals surface area (Å²) in [7, 11) is 0. The third-order valence-electron chi connectivity index (χ3n) is 2.60. The Morgan fingerprint density at radius 2 is 2.23 bits per heavy atom.